The number of rotatable bonds is 7. The van der Waals surface area contributed by atoms with Crippen LogP contribution in [0.2, 0.25) is 5.02 Å². The van der Waals surface area contributed by atoms with Gasteiger partial charge in [-0.1, -0.05) is 11.6 Å². The molecule has 38 heavy (non-hydrogen) atoms. The molecule has 2 heterocycles. The highest BCUT2D eigenvalue weighted by Crippen LogP contribution is 2.35. The number of carbonyl (C=O) groups excluding carboxylic acids is 1. The van der Waals surface area contributed by atoms with E-state index in [1.807, 2.05) is 0 Å². The lowest BCUT2D eigenvalue weighted by Gasteiger charge is -2.13. The number of benzene rings is 3. The van der Waals surface area contributed by atoms with Crippen molar-refractivity contribution in [1.29, 1.82) is 0 Å². The van der Waals surface area contributed by atoms with Gasteiger partial charge in [-0.05, 0) is 66.6 Å². The van der Waals surface area contributed by atoms with Gasteiger partial charge in [0.2, 0.25) is 5.91 Å². The first-order valence-corrected chi connectivity index (χ1v) is 11.8. The van der Waals surface area contributed by atoms with E-state index in [-0.39, 0.29) is 18.9 Å². The van der Waals surface area contributed by atoms with E-state index in [2.05, 4.69) is 20.5 Å². The Morgan fingerprint density at radius 2 is 1.92 bits per heavy atom. The number of imidazole rings is 1. The number of ether oxygens (including phenoxy) is 1. The molecule has 0 atom stereocenters. The zero-order valence-electron chi connectivity index (χ0n) is 20.3. The van der Waals surface area contributed by atoms with Crippen LogP contribution in [0.4, 0.5) is 14.5 Å². The Morgan fingerprint density at radius 3 is 2.61 bits per heavy atom. The van der Waals surface area contributed by atoms with Crippen LogP contribution in [0.3, 0.4) is 0 Å². The van der Waals surface area contributed by atoms with E-state index < -0.39 is 23.2 Å². The van der Waals surface area contributed by atoms with Crippen molar-refractivity contribution in [3.05, 3.63) is 93.4 Å². The highest BCUT2D eigenvalue weighted by Gasteiger charge is 2.20. The first-order chi connectivity index (χ1) is 18.2. The summed E-state index contributed by atoms with van der Waals surface area (Å²) in [5, 5.41) is 10.4. The summed E-state index contributed by atoms with van der Waals surface area (Å²) in [7, 11) is 1.56. The first-order valence-electron chi connectivity index (χ1n) is 11.4. The maximum atomic E-state index is 15.2. The topological polar surface area (TPSA) is 107 Å². The van der Waals surface area contributed by atoms with Crippen LogP contribution in [0.15, 0.2) is 59.7 Å². The van der Waals surface area contributed by atoms with Gasteiger partial charge in [0.25, 0.3) is 0 Å². The van der Waals surface area contributed by atoms with Crippen LogP contribution in [-0.2, 0) is 25.0 Å². The molecule has 0 saturated carbocycles. The van der Waals surface area contributed by atoms with E-state index in [9.17, 15) is 14.0 Å². The van der Waals surface area contributed by atoms with Gasteiger partial charge in [-0.15, -0.1) is 10.2 Å². The molecule has 1 amide bonds. The van der Waals surface area contributed by atoms with E-state index in [1.165, 1.54) is 45.8 Å². The first kappa shape index (κ1) is 25.2. The minimum atomic E-state index is -0.601. The van der Waals surface area contributed by atoms with Crippen molar-refractivity contribution in [3.63, 3.8) is 0 Å². The molecular weight excluding hydrogens is 518 g/mol. The Labute approximate surface area is 219 Å². The molecule has 5 aromatic rings. The second-order valence-corrected chi connectivity index (χ2v) is 9.07. The molecular formula is C26H21ClF2N6O3. The van der Waals surface area contributed by atoms with E-state index in [0.29, 0.717) is 44.3 Å². The van der Waals surface area contributed by atoms with Gasteiger partial charge in [-0.2, -0.15) is 0 Å². The molecule has 0 aliphatic carbocycles. The Kier molecular flexibility index (Phi) is 6.68. The summed E-state index contributed by atoms with van der Waals surface area (Å²) >= 11 is 6.41. The van der Waals surface area contributed by atoms with Crippen molar-refractivity contribution in [1.82, 2.24) is 24.3 Å². The third kappa shape index (κ3) is 4.88. The SMILES string of the molecule is Cc1cc(-c2cc(Cl)cc3c2n(C)c(=O)n3CC(=O)Nc2ccc(F)cc2)cc(F)c1OCc1nnc[nH]1. The van der Waals surface area contributed by atoms with Gasteiger partial charge < -0.3 is 15.0 Å². The number of aromatic amines is 1. The van der Waals surface area contributed by atoms with Crippen molar-refractivity contribution < 1.29 is 18.3 Å². The summed E-state index contributed by atoms with van der Waals surface area (Å²) in [6.07, 6.45) is 1.40. The number of aryl methyl sites for hydroxylation is 2. The highest BCUT2D eigenvalue weighted by molar-refractivity contribution is 6.31. The predicted molar refractivity (Wildman–Crippen MR) is 138 cm³/mol. The van der Waals surface area contributed by atoms with Crippen LogP contribution in [0.5, 0.6) is 5.75 Å². The van der Waals surface area contributed by atoms with Gasteiger partial charge in [0, 0.05) is 23.3 Å². The monoisotopic (exact) mass is 538 g/mol. The van der Waals surface area contributed by atoms with Crippen molar-refractivity contribution >= 4 is 34.2 Å². The molecule has 194 valence electrons. The zero-order valence-corrected chi connectivity index (χ0v) is 21.0. The molecule has 5 rings (SSSR count). The standard InChI is InChI=1S/C26H21ClF2N6O3/c1-14-7-15(8-20(29)25(14)38-12-22-30-13-31-33-22)19-9-16(27)10-21-24(19)34(2)26(37)35(21)11-23(36)32-18-5-3-17(28)4-6-18/h3-10,13H,11-12H2,1-2H3,(H,32,36)(H,30,31,33). The molecule has 0 fully saturated rings. The van der Waals surface area contributed by atoms with Crippen molar-refractivity contribution in [2.45, 2.75) is 20.1 Å². The number of hydrogen-bond donors (Lipinski definition) is 2. The molecule has 0 bridgehead atoms. The van der Waals surface area contributed by atoms with Gasteiger partial charge in [0.1, 0.15) is 25.3 Å². The molecule has 0 saturated heterocycles. The number of nitrogens with zero attached hydrogens (tertiary/aromatic N) is 4. The Hall–Kier alpha value is -4.51. The van der Waals surface area contributed by atoms with Gasteiger partial charge in [-0.3, -0.25) is 13.9 Å². The van der Waals surface area contributed by atoms with Crippen molar-refractivity contribution in [3.8, 4) is 16.9 Å². The van der Waals surface area contributed by atoms with Crippen molar-refractivity contribution in [2.75, 3.05) is 5.32 Å². The number of nitrogens with one attached hydrogen (secondary N) is 2. The van der Waals surface area contributed by atoms with E-state index >= 15 is 4.39 Å². The van der Waals surface area contributed by atoms with E-state index in [0.717, 1.165) is 0 Å². The molecule has 3 aromatic carbocycles. The summed E-state index contributed by atoms with van der Waals surface area (Å²) in [6.45, 7) is 1.40. The van der Waals surface area contributed by atoms with E-state index in [4.69, 9.17) is 16.3 Å². The molecule has 0 unspecified atom stereocenters. The summed E-state index contributed by atoms with van der Waals surface area (Å²) in [5.41, 5.74) is 2.32. The molecule has 0 radical (unpaired) electrons. The second kappa shape index (κ2) is 10.1. The third-order valence-electron chi connectivity index (χ3n) is 5.99. The lowest BCUT2D eigenvalue weighted by atomic mass is 10.0. The number of H-pyrrole nitrogens is 1. The van der Waals surface area contributed by atoms with Gasteiger partial charge in [0.15, 0.2) is 17.4 Å². The molecule has 0 spiro atoms. The van der Waals surface area contributed by atoms with Crippen LogP contribution < -0.4 is 15.7 Å². The average molecular weight is 539 g/mol. The molecule has 9 nitrogen and oxygen atoms in total. The Bertz CT molecular complexity index is 1690. The van der Waals surface area contributed by atoms with Crippen LogP contribution in [0.1, 0.15) is 11.4 Å². The second-order valence-electron chi connectivity index (χ2n) is 8.63. The average Bonchev–Trinajstić information content (AvgIpc) is 3.47. The van der Waals surface area contributed by atoms with Crippen LogP contribution >= 0.6 is 11.6 Å². The third-order valence-corrected chi connectivity index (χ3v) is 6.21. The van der Waals surface area contributed by atoms with Gasteiger partial charge in [0.05, 0.1) is 11.0 Å². The van der Waals surface area contributed by atoms with Crippen molar-refractivity contribution in [2.24, 2.45) is 7.05 Å². The van der Waals surface area contributed by atoms with Crippen LogP contribution in [0.25, 0.3) is 22.2 Å². The summed E-state index contributed by atoms with van der Waals surface area (Å²) < 4.78 is 36.6. The van der Waals surface area contributed by atoms with E-state index in [1.54, 1.807) is 32.2 Å². The van der Waals surface area contributed by atoms with Gasteiger partial charge >= 0.3 is 5.69 Å². The number of hydrogen-bond acceptors (Lipinski definition) is 5. The summed E-state index contributed by atoms with van der Waals surface area (Å²) in [4.78, 5) is 28.6. The number of carbonyl (C=O) groups is 1. The number of fused-ring (bicyclic) bond motifs is 1. The number of aromatic nitrogens is 5. The minimum Gasteiger partial charge on any atom is -0.482 e. The van der Waals surface area contributed by atoms with Crippen LogP contribution in [0, 0.1) is 18.6 Å². The quantitative estimate of drug-likeness (QED) is 0.315. The summed E-state index contributed by atoms with van der Waals surface area (Å²) in [5.74, 6) is -1.01. The highest BCUT2D eigenvalue weighted by atomic mass is 35.5. The fraction of sp³-hybridized carbons (Fsp3) is 0.154. The molecule has 2 aromatic heterocycles. The largest absolute Gasteiger partial charge is 0.482 e. The Balaban J connectivity index is 1.51. The summed E-state index contributed by atoms with van der Waals surface area (Å²) in [6, 6.07) is 11.5. The normalized spacial score (nSPS) is 11.2. The molecule has 2 N–H and O–H groups in total. The minimum absolute atomic E-state index is 0.00978. The van der Waals surface area contributed by atoms with Crippen LogP contribution in [-0.4, -0.2) is 30.2 Å². The predicted octanol–water partition coefficient (Wildman–Crippen LogP) is 4.58. The number of halogens is 3. The smallest absolute Gasteiger partial charge is 0.329 e. The fourth-order valence-electron chi connectivity index (χ4n) is 4.28. The fourth-order valence-corrected chi connectivity index (χ4v) is 4.50. The maximum absolute atomic E-state index is 15.2. The molecule has 0 aliphatic heterocycles. The molecule has 0 aliphatic rings. The Morgan fingerprint density at radius 1 is 1.16 bits per heavy atom. The zero-order chi connectivity index (χ0) is 27.0. The van der Waals surface area contributed by atoms with Gasteiger partial charge in [-0.25, -0.2) is 13.6 Å². The number of anilines is 1. The molecule has 12 heteroatoms. The lowest BCUT2D eigenvalue weighted by Crippen LogP contribution is -2.28. The lowest BCUT2D eigenvalue weighted by molar-refractivity contribution is -0.116. The number of amides is 1. The maximum Gasteiger partial charge on any atom is 0.329 e.